The molecular weight excluding hydrogens is 122 g/mol. The van der Waals surface area contributed by atoms with Gasteiger partial charge in [0.2, 0.25) is 0 Å². The van der Waals surface area contributed by atoms with Crippen LogP contribution in [0.25, 0.3) is 0 Å². The van der Waals surface area contributed by atoms with Gasteiger partial charge in [-0.2, -0.15) is 0 Å². The highest BCUT2D eigenvalue weighted by molar-refractivity contribution is 4.83. The summed E-state index contributed by atoms with van der Waals surface area (Å²) in [5, 5.41) is 3.42. The number of rotatable bonds is 4. The smallest absolute Gasteiger partial charge is 0.0219 e. The van der Waals surface area contributed by atoms with E-state index in [-0.39, 0.29) is 0 Å². The molecule has 1 saturated carbocycles. The molecule has 1 aliphatic carbocycles. The summed E-state index contributed by atoms with van der Waals surface area (Å²) in [5.41, 5.74) is 0. The van der Waals surface area contributed by atoms with Crippen molar-refractivity contribution in [3.63, 3.8) is 0 Å². The predicted octanol–water partition coefficient (Wildman–Crippen LogP) is 1.95. The lowest BCUT2D eigenvalue weighted by Crippen LogP contribution is -2.32. The highest BCUT2D eigenvalue weighted by Crippen LogP contribution is 2.25. The zero-order chi connectivity index (χ0) is 7.40. The van der Waals surface area contributed by atoms with Crippen LogP contribution >= 0.6 is 0 Å². The molecule has 1 unspecified atom stereocenters. The quantitative estimate of drug-likeness (QED) is 0.587. The fraction of sp³-hybridized carbons (Fsp3) is 0.778. The SMILES string of the molecule is C=CC(C)NCC1CCC1. The molecule has 0 spiro atoms. The molecule has 1 heteroatoms. The Morgan fingerprint density at radius 1 is 1.70 bits per heavy atom. The molecule has 1 N–H and O–H groups in total. The van der Waals surface area contributed by atoms with Gasteiger partial charge in [-0.15, -0.1) is 6.58 Å². The molecule has 58 valence electrons. The van der Waals surface area contributed by atoms with Crippen LogP contribution in [0.3, 0.4) is 0 Å². The molecule has 0 aromatic heterocycles. The van der Waals surface area contributed by atoms with Gasteiger partial charge in [-0.3, -0.25) is 0 Å². The Morgan fingerprint density at radius 2 is 2.40 bits per heavy atom. The third kappa shape index (κ3) is 2.14. The van der Waals surface area contributed by atoms with Crippen molar-refractivity contribution in [3.8, 4) is 0 Å². The van der Waals surface area contributed by atoms with Gasteiger partial charge in [0.25, 0.3) is 0 Å². The first-order valence-corrected chi connectivity index (χ1v) is 4.19. The third-order valence-corrected chi connectivity index (χ3v) is 2.31. The topological polar surface area (TPSA) is 12.0 Å². The Bertz CT molecular complexity index is 105. The largest absolute Gasteiger partial charge is 0.311 e. The van der Waals surface area contributed by atoms with Crippen molar-refractivity contribution in [2.45, 2.75) is 32.2 Å². The third-order valence-electron chi connectivity index (χ3n) is 2.31. The molecule has 0 aromatic rings. The lowest BCUT2D eigenvalue weighted by atomic mass is 9.85. The minimum Gasteiger partial charge on any atom is -0.311 e. The van der Waals surface area contributed by atoms with Crippen molar-refractivity contribution < 1.29 is 0 Å². The Labute approximate surface area is 63.5 Å². The maximum Gasteiger partial charge on any atom is 0.0219 e. The zero-order valence-corrected chi connectivity index (χ0v) is 6.77. The van der Waals surface area contributed by atoms with E-state index in [1.54, 1.807) is 0 Å². The summed E-state index contributed by atoms with van der Waals surface area (Å²) in [6, 6.07) is 0.487. The fourth-order valence-corrected chi connectivity index (χ4v) is 1.13. The van der Waals surface area contributed by atoms with Crippen LogP contribution in [0.1, 0.15) is 26.2 Å². The first-order chi connectivity index (χ1) is 4.83. The van der Waals surface area contributed by atoms with Crippen LogP contribution in [0.5, 0.6) is 0 Å². The minimum atomic E-state index is 0.487. The molecule has 1 atom stereocenters. The molecule has 0 aliphatic heterocycles. The molecule has 0 amide bonds. The van der Waals surface area contributed by atoms with E-state index < -0.39 is 0 Å². The van der Waals surface area contributed by atoms with Crippen LogP contribution in [0.4, 0.5) is 0 Å². The Kier molecular flexibility index (Phi) is 2.94. The molecule has 1 nitrogen and oxygen atoms in total. The van der Waals surface area contributed by atoms with Crippen LogP contribution in [0.15, 0.2) is 12.7 Å². The van der Waals surface area contributed by atoms with Crippen LogP contribution in [0.2, 0.25) is 0 Å². The van der Waals surface area contributed by atoms with Crippen molar-refractivity contribution in [2.75, 3.05) is 6.54 Å². The fourth-order valence-electron chi connectivity index (χ4n) is 1.13. The van der Waals surface area contributed by atoms with E-state index >= 15 is 0 Å². The molecule has 1 rings (SSSR count). The van der Waals surface area contributed by atoms with Crippen LogP contribution < -0.4 is 5.32 Å². The summed E-state index contributed by atoms with van der Waals surface area (Å²) in [4.78, 5) is 0. The van der Waals surface area contributed by atoms with Gasteiger partial charge < -0.3 is 5.32 Å². The van der Waals surface area contributed by atoms with Gasteiger partial charge in [-0.05, 0) is 32.2 Å². The standard InChI is InChI=1S/C9H17N/c1-3-8(2)10-7-9-5-4-6-9/h3,8-10H,1,4-7H2,2H3. The van der Waals surface area contributed by atoms with Crippen molar-refractivity contribution in [1.82, 2.24) is 5.32 Å². The van der Waals surface area contributed by atoms with Crippen molar-refractivity contribution >= 4 is 0 Å². The minimum absolute atomic E-state index is 0.487. The van der Waals surface area contributed by atoms with Crippen LogP contribution in [0, 0.1) is 5.92 Å². The van der Waals surface area contributed by atoms with Gasteiger partial charge in [-0.1, -0.05) is 12.5 Å². The summed E-state index contributed by atoms with van der Waals surface area (Å²) in [5.74, 6) is 0.961. The number of nitrogens with one attached hydrogen (secondary N) is 1. The van der Waals surface area contributed by atoms with Gasteiger partial charge in [0.05, 0.1) is 0 Å². The number of hydrogen-bond acceptors (Lipinski definition) is 1. The maximum atomic E-state index is 3.72. The van der Waals surface area contributed by atoms with Gasteiger partial charge in [0.15, 0.2) is 0 Å². The lowest BCUT2D eigenvalue weighted by Gasteiger charge is -2.26. The van der Waals surface area contributed by atoms with E-state index in [0.29, 0.717) is 6.04 Å². The average Bonchev–Trinajstić information content (AvgIpc) is 1.84. The average molecular weight is 139 g/mol. The highest BCUT2D eigenvalue weighted by Gasteiger charge is 2.16. The molecule has 0 aromatic carbocycles. The zero-order valence-electron chi connectivity index (χ0n) is 6.77. The van der Waals surface area contributed by atoms with Crippen molar-refractivity contribution in [2.24, 2.45) is 5.92 Å². The monoisotopic (exact) mass is 139 g/mol. The van der Waals surface area contributed by atoms with Crippen LogP contribution in [-0.4, -0.2) is 12.6 Å². The summed E-state index contributed by atoms with van der Waals surface area (Å²) in [6.07, 6.45) is 6.25. The summed E-state index contributed by atoms with van der Waals surface area (Å²) >= 11 is 0. The van der Waals surface area contributed by atoms with Crippen molar-refractivity contribution in [3.05, 3.63) is 12.7 Å². The molecule has 1 fully saturated rings. The molecule has 0 saturated heterocycles. The van der Waals surface area contributed by atoms with E-state index in [2.05, 4.69) is 18.8 Å². The van der Waals surface area contributed by atoms with E-state index in [4.69, 9.17) is 0 Å². The van der Waals surface area contributed by atoms with Crippen molar-refractivity contribution in [1.29, 1.82) is 0 Å². The van der Waals surface area contributed by atoms with Gasteiger partial charge in [-0.25, -0.2) is 0 Å². The van der Waals surface area contributed by atoms with E-state index in [0.717, 1.165) is 5.92 Å². The second-order valence-electron chi connectivity index (χ2n) is 3.23. The second-order valence-corrected chi connectivity index (χ2v) is 3.23. The van der Waals surface area contributed by atoms with Gasteiger partial charge in [0, 0.05) is 6.04 Å². The normalized spacial score (nSPS) is 21.7. The first-order valence-electron chi connectivity index (χ1n) is 4.19. The van der Waals surface area contributed by atoms with E-state index in [1.807, 2.05) is 6.08 Å². The Balaban J connectivity index is 1.98. The molecule has 0 radical (unpaired) electrons. The Hall–Kier alpha value is -0.300. The highest BCUT2D eigenvalue weighted by atomic mass is 14.9. The first kappa shape index (κ1) is 7.80. The number of hydrogen-bond donors (Lipinski definition) is 1. The molecule has 10 heavy (non-hydrogen) atoms. The Morgan fingerprint density at radius 3 is 2.80 bits per heavy atom. The lowest BCUT2D eigenvalue weighted by molar-refractivity contribution is 0.298. The molecular formula is C9H17N. The van der Waals surface area contributed by atoms with E-state index in [9.17, 15) is 0 Å². The summed E-state index contributed by atoms with van der Waals surface area (Å²) in [7, 11) is 0. The molecule has 0 bridgehead atoms. The summed E-state index contributed by atoms with van der Waals surface area (Å²) < 4.78 is 0. The summed E-state index contributed by atoms with van der Waals surface area (Å²) in [6.45, 7) is 7.05. The van der Waals surface area contributed by atoms with Crippen LogP contribution in [-0.2, 0) is 0 Å². The molecule has 1 aliphatic rings. The van der Waals surface area contributed by atoms with E-state index in [1.165, 1.54) is 25.8 Å². The predicted molar refractivity (Wildman–Crippen MR) is 45.0 cm³/mol. The maximum absolute atomic E-state index is 3.72. The molecule has 0 heterocycles. The van der Waals surface area contributed by atoms with Gasteiger partial charge in [0.1, 0.15) is 0 Å². The second kappa shape index (κ2) is 3.77. The van der Waals surface area contributed by atoms with Gasteiger partial charge >= 0.3 is 0 Å².